The van der Waals surface area contributed by atoms with Gasteiger partial charge in [0.15, 0.2) is 17.5 Å². The van der Waals surface area contributed by atoms with Crippen molar-refractivity contribution >= 4 is 5.96 Å². The van der Waals surface area contributed by atoms with Crippen LogP contribution >= 0.6 is 0 Å². The molecule has 0 amide bonds. The van der Waals surface area contributed by atoms with Crippen LogP contribution in [0.5, 0.6) is 17.2 Å². The molecule has 2 rings (SSSR count). The highest BCUT2D eigenvalue weighted by Gasteiger charge is 2.11. The van der Waals surface area contributed by atoms with Gasteiger partial charge in [-0.3, -0.25) is 4.99 Å². The number of para-hydroxylation sites is 1. The molecule has 0 aliphatic carbocycles. The minimum atomic E-state index is -2.92. The van der Waals surface area contributed by atoms with E-state index < -0.39 is 6.61 Å². The SMILES string of the molecule is CN=C(NCCOc1ccccc1)NCc1ccc(OC)c(OC(F)F)c1. The number of hydrogen-bond donors (Lipinski definition) is 2. The predicted molar refractivity (Wildman–Crippen MR) is 99.8 cm³/mol. The van der Waals surface area contributed by atoms with Crippen LogP contribution in [0.1, 0.15) is 5.56 Å². The van der Waals surface area contributed by atoms with Gasteiger partial charge in [0.2, 0.25) is 0 Å². The van der Waals surface area contributed by atoms with E-state index in [1.807, 2.05) is 30.3 Å². The smallest absolute Gasteiger partial charge is 0.387 e. The molecule has 0 aliphatic heterocycles. The molecule has 0 saturated heterocycles. The molecule has 2 N–H and O–H groups in total. The summed E-state index contributed by atoms with van der Waals surface area (Å²) in [7, 11) is 3.04. The van der Waals surface area contributed by atoms with E-state index in [0.29, 0.717) is 25.7 Å². The lowest BCUT2D eigenvalue weighted by Crippen LogP contribution is -2.38. The molecule has 0 aromatic heterocycles. The van der Waals surface area contributed by atoms with Crippen LogP contribution < -0.4 is 24.8 Å². The minimum absolute atomic E-state index is 0.00833. The van der Waals surface area contributed by atoms with Crippen molar-refractivity contribution < 1.29 is 23.0 Å². The third kappa shape index (κ3) is 7.01. The molecule has 0 heterocycles. The summed E-state index contributed by atoms with van der Waals surface area (Å²) in [5.74, 6) is 1.61. The van der Waals surface area contributed by atoms with Gasteiger partial charge in [-0.2, -0.15) is 8.78 Å². The van der Waals surface area contributed by atoms with Gasteiger partial charge in [-0.15, -0.1) is 0 Å². The summed E-state index contributed by atoms with van der Waals surface area (Å²) in [4.78, 5) is 4.12. The summed E-state index contributed by atoms with van der Waals surface area (Å²) in [6.45, 7) is -1.51. The highest BCUT2D eigenvalue weighted by Crippen LogP contribution is 2.29. The average Bonchev–Trinajstić information content (AvgIpc) is 2.68. The zero-order valence-corrected chi connectivity index (χ0v) is 15.2. The van der Waals surface area contributed by atoms with E-state index >= 15 is 0 Å². The number of alkyl halides is 2. The summed E-state index contributed by atoms with van der Waals surface area (Å²) in [6.07, 6.45) is 0. The van der Waals surface area contributed by atoms with Crippen LogP contribution in [0.2, 0.25) is 0 Å². The molecule has 0 atom stereocenters. The lowest BCUT2D eigenvalue weighted by molar-refractivity contribution is -0.0512. The number of methoxy groups -OCH3 is 1. The van der Waals surface area contributed by atoms with Crippen molar-refractivity contribution in [3.8, 4) is 17.2 Å². The molecule has 0 aliphatic rings. The Kier molecular flexibility index (Phi) is 8.15. The highest BCUT2D eigenvalue weighted by atomic mass is 19.3. The minimum Gasteiger partial charge on any atom is -0.493 e. The molecule has 0 bridgehead atoms. The molecule has 0 saturated carbocycles. The van der Waals surface area contributed by atoms with Gasteiger partial charge in [-0.25, -0.2) is 0 Å². The summed E-state index contributed by atoms with van der Waals surface area (Å²) in [5, 5.41) is 6.22. The van der Waals surface area contributed by atoms with E-state index in [-0.39, 0.29) is 11.5 Å². The van der Waals surface area contributed by atoms with Gasteiger partial charge in [0.1, 0.15) is 12.4 Å². The van der Waals surface area contributed by atoms with Crippen LogP contribution in [-0.2, 0) is 6.54 Å². The van der Waals surface area contributed by atoms with E-state index in [0.717, 1.165) is 11.3 Å². The largest absolute Gasteiger partial charge is 0.493 e. The van der Waals surface area contributed by atoms with Gasteiger partial charge in [-0.1, -0.05) is 24.3 Å². The number of nitrogens with zero attached hydrogens (tertiary/aromatic N) is 1. The van der Waals surface area contributed by atoms with Crippen molar-refractivity contribution in [2.24, 2.45) is 4.99 Å². The van der Waals surface area contributed by atoms with Crippen molar-refractivity contribution in [3.63, 3.8) is 0 Å². The summed E-state index contributed by atoms with van der Waals surface area (Å²) in [5.41, 5.74) is 0.745. The van der Waals surface area contributed by atoms with E-state index in [9.17, 15) is 8.78 Å². The Morgan fingerprint density at radius 3 is 2.52 bits per heavy atom. The zero-order valence-electron chi connectivity index (χ0n) is 15.2. The van der Waals surface area contributed by atoms with Gasteiger partial charge in [0, 0.05) is 13.6 Å². The van der Waals surface area contributed by atoms with E-state index in [1.165, 1.54) is 13.2 Å². The number of guanidine groups is 1. The first-order chi connectivity index (χ1) is 13.1. The Morgan fingerprint density at radius 1 is 1.07 bits per heavy atom. The Balaban J connectivity index is 1.81. The second-order valence-corrected chi connectivity index (χ2v) is 5.38. The summed E-state index contributed by atoms with van der Waals surface area (Å²) >= 11 is 0. The van der Waals surface area contributed by atoms with Crippen molar-refractivity contribution in [3.05, 3.63) is 54.1 Å². The van der Waals surface area contributed by atoms with Crippen LogP contribution in [0.15, 0.2) is 53.5 Å². The average molecular weight is 379 g/mol. The highest BCUT2D eigenvalue weighted by molar-refractivity contribution is 5.79. The number of halogens is 2. The molecular formula is C19H23F2N3O3. The summed E-state index contributed by atoms with van der Waals surface area (Å²) in [6, 6.07) is 14.4. The molecule has 0 spiro atoms. The van der Waals surface area contributed by atoms with Gasteiger partial charge < -0.3 is 24.8 Å². The maximum absolute atomic E-state index is 12.5. The van der Waals surface area contributed by atoms with Crippen LogP contribution in [0.3, 0.4) is 0 Å². The monoisotopic (exact) mass is 379 g/mol. The first kappa shape index (κ1) is 20.3. The fourth-order valence-electron chi connectivity index (χ4n) is 2.28. The first-order valence-electron chi connectivity index (χ1n) is 8.36. The standard InChI is InChI=1S/C19H23F2N3O3/c1-22-19(23-10-11-26-15-6-4-3-5-7-15)24-13-14-8-9-16(25-2)17(12-14)27-18(20)21/h3-9,12,18H,10-11,13H2,1-2H3,(H2,22,23,24). The normalized spacial score (nSPS) is 11.2. The molecule has 2 aromatic rings. The first-order valence-corrected chi connectivity index (χ1v) is 8.36. The van der Waals surface area contributed by atoms with Crippen molar-refractivity contribution in [1.29, 1.82) is 0 Å². The number of nitrogens with one attached hydrogen (secondary N) is 2. The lowest BCUT2D eigenvalue weighted by Gasteiger charge is -2.14. The number of benzene rings is 2. The van der Waals surface area contributed by atoms with Crippen molar-refractivity contribution in [2.45, 2.75) is 13.2 Å². The zero-order chi connectivity index (χ0) is 19.5. The van der Waals surface area contributed by atoms with Crippen LogP contribution in [0.4, 0.5) is 8.78 Å². The maximum atomic E-state index is 12.5. The molecule has 146 valence electrons. The van der Waals surface area contributed by atoms with Gasteiger partial charge in [-0.05, 0) is 29.8 Å². The lowest BCUT2D eigenvalue weighted by atomic mass is 10.2. The van der Waals surface area contributed by atoms with E-state index in [4.69, 9.17) is 9.47 Å². The topological polar surface area (TPSA) is 64.1 Å². The molecule has 8 heteroatoms. The second kappa shape index (κ2) is 10.8. The Morgan fingerprint density at radius 2 is 1.85 bits per heavy atom. The van der Waals surface area contributed by atoms with Crippen LogP contribution in [-0.4, -0.2) is 39.9 Å². The van der Waals surface area contributed by atoms with Gasteiger partial charge >= 0.3 is 6.61 Å². The molecule has 6 nitrogen and oxygen atoms in total. The number of ether oxygens (including phenoxy) is 3. The molecular weight excluding hydrogens is 356 g/mol. The molecule has 0 unspecified atom stereocenters. The molecule has 0 fully saturated rings. The Bertz CT molecular complexity index is 727. The molecule has 2 aromatic carbocycles. The number of aliphatic imine (C=N–C) groups is 1. The van der Waals surface area contributed by atoms with Gasteiger partial charge in [0.25, 0.3) is 0 Å². The number of rotatable bonds is 9. The van der Waals surface area contributed by atoms with Crippen molar-refractivity contribution in [2.75, 3.05) is 27.3 Å². The van der Waals surface area contributed by atoms with Crippen LogP contribution in [0, 0.1) is 0 Å². The van der Waals surface area contributed by atoms with Crippen molar-refractivity contribution in [1.82, 2.24) is 10.6 Å². The predicted octanol–water partition coefficient (Wildman–Crippen LogP) is 3.04. The Hall–Kier alpha value is -3.03. The van der Waals surface area contributed by atoms with E-state index in [2.05, 4.69) is 20.4 Å². The third-order valence-electron chi connectivity index (χ3n) is 3.53. The fourth-order valence-corrected chi connectivity index (χ4v) is 2.28. The molecule has 27 heavy (non-hydrogen) atoms. The van der Waals surface area contributed by atoms with Crippen LogP contribution in [0.25, 0.3) is 0 Å². The Labute approximate surface area is 157 Å². The van der Waals surface area contributed by atoms with Gasteiger partial charge in [0.05, 0.1) is 13.7 Å². The summed E-state index contributed by atoms with van der Waals surface area (Å²) < 4.78 is 40.1. The second-order valence-electron chi connectivity index (χ2n) is 5.38. The maximum Gasteiger partial charge on any atom is 0.387 e. The fraction of sp³-hybridized carbons (Fsp3) is 0.316. The van der Waals surface area contributed by atoms with E-state index in [1.54, 1.807) is 19.2 Å². The molecule has 0 radical (unpaired) electrons. The quantitative estimate of drug-likeness (QED) is 0.398. The third-order valence-corrected chi connectivity index (χ3v) is 3.53. The number of hydrogen-bond acceptors (Lipinski definition) is 4.